The van der Waals surface area contributed by atoms with Gasteiger partial charge in [0.05, 0.1) is 17.3 Å². The van der Waals surface area contributed by atoms with Gasteiger partial charge in [-0.25, -0.2) is 4.98 Å². The van der Waals surface area contributed by atoms with Crippen LogP contribution in [0.4, 0.5) is 10.8 Å². The van der Waals surface area contributed by atoms with Crippen LogP contribution in [0.5, 0.6) is 0 Å². The van der Waals surface area contributed by atoms with Crippen LogP contribution in [0.15, 0.2) is 29.6 Å². The van der Waals surface area contributed by atoms with Gasteiger partial charge in [0.25, 0.3) is 5.91 Å². The first-order valence-electron chi connectivity index (χ1n) is 7.50. The maximum absolute atomic E-state index is 12.3. The minimum atomic E-state index is -0.301. The van der Waals surface area contributed by atoms with Gasteiger partial charge in [0.2, 0.25) is 5.91 Å². The van der Waals surface area contributed by atoms with Crippen molar-refractivity contribution in [2.45, 2.75) is 13.3 Å². The maximum atomic E-state index is 12.3. The molecule has 0 saturated heterocycles. The van der Waals surface area contributed by atoms with Crippen LogP contribution in [0.2, 0.25) is 5.02 Å². The van der Waals surface area contributed by atoms with E-state index in [4.69, 9.17) is 11.6 Å². The summed E-state index contributed by atoms with van der Waals surface area (Å²) in [6.07, 6.45) is 0.854. The lowest BCUT2D eigenvalue weighted by Gasteiger charge is -2.15. The number of anilines is 2. The Hall–Kier alpha value is -2.12. The molecule has 0 spiro atoms. The number of nitrogens with one attached hydrogen (secondary N) is 2. The van der Waals surface area contributed by atoms with Gasteiger partial charge in [-0.15, -0.1) is 11.3 Å². The van der Waals surface area contributed by atoms with Crippen molar-refractivity contribution in [2.24, 2.45) is 0 Å². The Bertz CT molecular complexity index is 720. The molecule has 0 bridgehead atoms. The second kappa shape index (κ2) is 8.65. The molecule has 128 valence electrons. The topological polar surface area (TPSA) is 74.3 Å². The van der Waals surface area contributed by atoms with E-state index in [1.807, 2.05) is 25.1 Å². The van der Waals surface area contributed by atoms with Crippen molar-refractivity contribution in [3.05, 3.63) is 40.4 Å². The van der Waals surface area contributed by atoms with Crippen molar-refractivity contribution < 1.29 is 9.59 Å². The largest absolute Gasteiger partial charge is 0.355 e. The first-order chi connectivity index (χ1) is 11.5. The third kappa shape index (κ3) is 4.94. The Morgan fingerprint density at radius 3 is 2.79 bits per heavy atom. The van der Waals surface area contributed by atoms with Gasteiger partial charge in [-0.2, -0.15) is 0 Å². The lowest BCUT2D eigenvalue weighted by atomic mass is 10.3. The number of aromatic nitrogens is 1. The van der Waals surface area contributed by atoms with E-state index in [0.29, 0.717) is 22.4 Å². The van der Waals surface area contributed by atoms with Crippen LogP contribution in [0.1, 0.15) is 23.8 Å². The number of carbonyl (C=O) groups excluding carboxylic acids is 2. The van der Waals surface area contributed by atoms with Crippen LogP contribution < -0.4 is 10.6 Å². The maximum Gasteiger partial charge on any atom is 0.273 e. The summed E-state index contributed by atoms with van der Waals surface area (Å²) in [4.78, 5) is 29.6. The molecule has 0 aliphatic heterocycles. The van der Waals surface area contributed by atoms with Crippen LogP contribution in [0, 0.1) is 0 Å². The number of thiazole rings is 1. The SMILES string of the molecule is CCCNC(=O)CN(C)C(=O)c1csc(Nc2ccccc2Cl)n1. The molecule has 0 aliphatic rings. The van der Waals surface area contributed by atoms with Gasteiger partial charge < -0.3 is 15.5 Å². The molecular weight excluding hydrogens is 348 g/mol. The van der Waals surface area contributed by atoms with Crippen molar-refractivity contribution in [1.82, 2.24) is 15.2 Å². The third-order valence-electron chi connectivity index (χ3n) is 3.14. The van der Waals surface area contributed by atoms with Gasteiger partial charge in [0.15, 0.2) is 5.13 Å². The predicted octanol–water partition coefficient (Wildman–Crippen LogP) is 3.14. The third-order valence-corrected chi connectivity index (χ3v) is 4.23. The molecule has 1 aromatic carbocycles. The summed E-state index contributed by atoms with van der Waals surface area (Å²) in [5.74, 6) is -0.484. The van der Waals surface area contributed by atoms with E-state index in [9.17, 15) is 9.59 Å². The smallest absolute Gasteiger partial charge is 0.273 e. The number of carbonyl (C=O) groups is 2. The van der Waals surface area contributed by atoms with E-state index < -0.39 is 0 Å². The second-order valence-electron chi connectivity index (χ2n) is 5.15. The molecule has 0 fully saturated rings. The molecule has 6 nitrogen and oxygen atoms in total. The molecule has 2 amide bonds. The fraction of sp³-hybridized carbons (Fsp3) is 0.312. The van der Waals surface area contributed by atoms with Gasteiger partial charge in [-0.3, -0.25) is 9.59 Å². The number of likely N-dealkylation sites (N-methyl/N-ethyl adjacent to an activating group) is 1. The minimum absolute atomic E-state index is 0.00361. The molecule has 0 aliphatic carbocycles. The van der Waals surface area contributed by atoms with Crippen LogP contribution in [0.3, 0.4) is 0 Å². The van der Waals surface area contributed by atoms with Crippen LogP contribution in [0.25, 0.3) is 0 Å². The molecule has 1 aromatic heterocycles. The van der Waals surface area contributed by atoms with Crippen molar-refractivity contribution in [3.63, 3.8) is 0 Å². The van der Waals surface area contributed by atoms with Crippen molar-refractivity contribution in [3.8, 4) is 0 Å². The lowest BCUT2D eigenvalue weighted by molar-refractivity contribution is -0.121. The van der Waals surface area contributed by atoms with Crippen LogP contribution >= 0.6 is 22.9 Å². The fourth-order valence-electron chi connectivity index (χ4n) is 1.91. The lowest BCUT2D eigenvalue weighted by Crippen LogP contribution is -2.38. The summed E-state index contributed by atoms with van der Waals surface area (Å²) in [6.45, 7) is 2.57. The van der Waals surface area contributed by atoms with E-state index in [-0.39, 0.29) is 18.4 Å². The summed E-state index contributed by atoms with van der Waals surface area (Å²) < 4.78 is 0. The second-order valence-corrected chi connectivity index (χ2v) is 6.42. The number of hydrogen-bond acceptors (Lipinski definition) is 5. The highest BCUT2D eigenvalue weighted by molar-refractivity contribution is 7.14. The van der Waals surface area contributed by atoms with Crippen molar-refractivity contribution in [2.75, 3.05) is 25.5 Å². The average Bonchev–Trinajstić information content (AvgIpc) is 3.02. The zero-order valence-corrected chi connectivity index (χ0v) is 15.1. The quantitative estimate of drug-likeness (QED) is 0.789. The molecule has 8 heteroatoms. The Morgan fingerprint density at radius 1 is 1.33 bits per heavy atom. The molecule has 0 radical (unpaired) electrons. The predicted molar refractivity (Wildman–Crippen MR) is 97.1 cm³/mol. The Morgan fingerprint density at radius 2 is 2.08 bits per heavy atom. The Labute approximate surface area is 149 Å². The fourth-order valence-corrected chi connectivity index (χ4v) is 2.79. The molecule has 24 heavy (non-hydrogen) atoms. The number of para-hydroxylation sites is 1. The van der Waals surface area contributed by atoms with E-state index in [2.05, 4.69) is 15.6 Å². The van der Waals surface area contributed by atoms with Crippen molar-refractivity contribution in [1.29, 1.82) is 0 Å². The highest BCUT2D eigenvalue weighted by Crippen LogP contribution is 2.26. The first kappa shape index (κ1) is 18.2. The van der Waals surface area contributed by atoms with Gasteiger partial charge >= 0.3 is 0 Å². The van der Waals surface area contributed by atoms with Gasteiger partial charge in [-0.05, 0) is 18.6 Å². The highest BCUT2D eigenvalue weighted by Gasteiger charge is 2.18. The molecule has 1 heterocycles. The summed E-state index contributed by atoms with van der Waals surface area (Å²) >= 11 is 7.39. The van der Waals surface area contributed by atoms with Crippen LogP contribution in [-0.2, 0) is 4.79 Å². The number of amides is 2. The summed E-state index contributed by atoms with van der Waals surface area (Å²) in [7, 11) is 1.58. The van der Waals surface area contributed by atoms with E-state index in [1.165, 1.54) is 16.2 Å². The summed E-state index contributed by atoms with van der Waals surface area (Å²) in [5.41, 5.74) is 1.01. The van der Waals surface area contributed by atoms with Gasteiger partial charge in [-0.1, -0.05) is 30.7 Å². The number of hydrogen-bond donors (Lipinski definition) is 2. The first-order valence-corrected chi connectivity index (χ1v) is 8.76. The summed E-state index contributed by atoms with van der Waals surface area (Å²) in [6, 6.07) is 7.29. The molecule has 2 rings (SSSR count). The molecule has 2 aromatic rings. The normalized spacial score (nSPS) is 10.3. The van der Waals surface area contributed by atoms with Crippen molar-refractivity contribution >= 4 is 45.6 Å². The summed E-state index contributed by atoms with van der Waals surface area (Å²) in [5, 5.41) is 8.61. The molecule has 0 atom stereocenters. The molecule has 0 unspecified atom stereocenters. The van der Waals surface area contributed by atoms with E-state index >= 15 is 0 Å². The van der Waals surface area contributed by atoms with E-state index in [0.717, 1.165) is 12.1 Å². The zero-order valence-electron chi connectivity index (χ0n) is 13.5. The minimum Gasteiger partial charge on any atom is -0.355 e. The van der Waals surface area contributed by atoms with Gasteiger partial charge in [0.1, 0.15) is 5.69 Å². The van der Waals surface area contributed by atoms with Crippen LogP contribution in [-0.4, -0.2) is 41.8 Å². The van der Waals surface area contributed by atoms with Gasteiger partial charge in [0, 0.05) is 19.0 Å². The highest BCUT2D eigenvalue weighted by atomic mass is 35.5. The Kier molecular flexibility index (Phi) is 6.57. The molecule has 2 N–H and O–H groups in total. The average molecular weight is 367 g/mol. The molecular formula is C16H19ClN4O2S. The standard InChI is InChI=1S/C16H19ClN4O2S/c1-3-8-18-14(22)9-21(2)15(23)13-10-24-16(20-13)19-12-7-5-4-6-11(12)17/h4-7,10H,3,8-9H2,1-2H3,(H,18,22)(H,19,20). The number of rotatable bonds is 7. The van der Waals surface area contributed by atoms with E-state index in [1.54, 1.807) is 18.5 Å². The zero-order chi connectivity index (χ0) is 17.5. The number of halogens is 1. The Balaban J connectivity index is 1.98. The number of nitrogens with zero attached hydrogens (tertiary/aromatic N) is 2. The number of benzene rings is 1. The molecule has 0 saturated carbocycles. The monoisotopic (exact) mass is 366 g/mol.